The lowest BCUT2D eigenvalue weighted by molar-refractivity contribution is -0.117. The predicted octanol–water partition coefficient (Wildman–Crippen LogP) is 1.50. The molecule has 68 valence electrons. The molecule has 1 atom stereocenters. The van der Waals surface area contributed by atoms with E-state index in [1.807, 2.05) is 0 Å². The number of hydrogen-bond acceptors (Lipinski definition) is 2. The Morgan fingerprint density at radius 2 is 1.83 bits per heavy atom. The Kier molecular flexibility index (Phi) is 1.59. The normalized spacial score (nSPS) is 52.3. The van der Waals surface area contributed by atoms with Crippen molar-refractivity contribution in [3.63, 3.8) is 0 Å². The molecular weight excluding hydrogens is 150 g/mol. The Morgan fingerprint density at radius 3 is 2.25 bits per heavy atom. The second kappa shape index (κ2) is 2.32. The van der Waals surface area contributed by atoms with E-state index in [-0.39, 0.29) is 17.0 Å². The standard InChI is InChI=1S/C10H17NO/c1-9-3-5-10(2,6-4-9)11-8(9)7-12/h7-8,11H,3-6H2,1-2H3. The highest BCUT2D eigenvalue weighted by Gasteiger charge is 2.49. The fourth-order valence-electron chi connectivity index (χ4n) is 2.58. The summed E-state index contributed by atoms with van der Waals surface area (Å²) in [4.78, 5) is 10.8. The molecule has 0 aromatic carbocycles. The lowest BCUT2D eigenvalue weighted by Gasteiger charge is -2.54. The molecule has 2 heterocycles. The van der Waals surface area contributed by atoms with Gasteiger partial charge in [-0.3, -0.25) is 0 Å². The Morgan fingerprint density at radius 1 is 1.25 bits per heavy atom. The number of rotatable bonds is 1. The number of carbonyl (C=O) groups is 1. The third-order valence-electron chi connectivity index (χ3n) is 3.89. The Balaban J connectivity index is 2.25. The number of piperidine rings is 2. The molecule has 2 bridgehead atoms. The van der Waals surface area contributed by atoms with Crippen molar-refractivity contribution in [2.45, 2.75) is 51.1 Å². The minimum atomic E-state index is 0.102. The molecular formula is C10H17NO. The van der Waals surface area contributed by atoms with Gasteiger partial charge in [-0.1, -0.05) is 6.92 Å². The molecule has 3 rings (SSSR count). The lowest BCUT2D eigenvalue weighted by Crippen LogP contribution is -2.64. The van der Waals surface area contributed by atoms with E-state index in [4.69, 9.17) is 0 Å². The van der Waals surface area contributed by atoms with Crippen molar-refractivity contribution in [1.82, 2.24) is 5.32 Å². The largest absolute Gasteiger partial charge is 0.302 e. The predicted molar refractivity (Wildman–Crippen MR) is 48.0 cm³/mol. The maximum absolute atomic E-state index is 10.8. The van der Waals surface area contributed by atoms with Crippen LogP contribution in [0.2, 0.25) is 0 Å². The third-order valence-corrected chi connectivity index (χ3v) is 3.89. The van der Waals surface area contributed by atoms with Gasteiger partial charge in [0.05, 0.1) is 6.04 Å². The third kappa shape index (κ3) is 1.01. The molecule has 0 aromatic heterocycles. The minimum absolute atomic E-state index is 0.102. The molecule has 1 unspecified atom stereocenters. The topological polar surface area (TPSA) is 29.1 Å². The van der Waals surface area contributed by atoms with Gasteiger partial charge < -0.3 is 10.1 Å². The summed E-state index contributed by atoms with van der Waals surface area (Å²) in [6, 6.07) is 0.102. The van der Waals surface area contributed by atoms with Crippen LogP contribution in [0.3, 0.4) is 0 Å². The molecule has 0 spiro atoms. The van der Waals surface area contributed by atoms with Crippen molar-refractivity contribution in [3.05, 3.63) is 0 Å². The Bertz CT molecular complexity index is 204. The van der Waals surface area contributed by atoms with Crippen LogP contribution < -0.4 is 5.32 Å². The lowest BCUT2D eigenvalue weighted by atomic mass is 9.61. The monoisotopic (exact) mass is 167 g/mol. The first-order valence-corrected chi connectivity index (χ1v) is 4.81. The number of aldehydes is 1. The summed E-state index contributed by atoms with van der Waals surface area (Å²) in [6.45, 7) is 4.47. The van der Waals surface area contributed by atoms with Crippen molar-refractivity contribution in [1.29, 1.82) is 0 Å². The maximum Gasteiger partial charge on any atom is 0.137 e. The minimum Gasteiger partial charge on any atom is -0.302 e. The van der Waals surface area contributed by atoms with Crippen LogP contribution in [-0.4, -0.2) is 17.9 Å². The molecule has 0 radical (unpaired) electrons. The van der Waals surface area contributed by atoms with Gasteiger partial charge in [-0.25, -0.2) is 0 Å². The van der Waals surface area contributed by atoms with Gasteiger partial charge in [-0.2, -0.15) is 0 Å². The SMILES string of the molecule is CC12CCC(C)(CC1)C(C=O)N2. The van der Waals surface area contributed by atoms with E-state index < -0.39 is 0 Å². The Hall–Kier alpha value is -0.370. The molecule has 0 amide bonds. The van der Waals surface area contributed by atoms with Crippen LogP contribution in [0.25, 0.3) is 0 Å². The maximum atomic E-state index is 10.8. The average Bonchev–Trinajstić information content (AvgIpc) is 2.07. The average molecular weight is 167 g/mol. The van der Waals surface area contributed by atoms with Gasteiger partial charge in [0.15, 0.2) is 0 Å². The first-order valence-electron chi connectivity index (χ1n) is 4.81. The van der Waals surface area contributed by atoms with E-state index in [2.05, 4.69) is 19.2 Å². The van der Waals surface area contributed by atoms with Crippen molar-refractivity contribution >= 4 is 6.29 Å². The Labute approximate surface area is 73.7 Å². The van der Waals surface area contributed by atoms with E-state index >= 15 is 0 Å². The van der Waals surface area contributed by atoms with Gasteiger partial charge >= 0.3 is 0 Å². The van der Waals surface area contributed by atoms with E-state index in [1.54, 1.807) is 0 Å². The van der Waals surface area contributed by atoms with Crippen LogP contribution in [0.4, 0.5) is 0 Å². The van der Waals surface area contributed by atoms with E-state index in [1.165, 1.54) is 25.7 Å². The molecule has 2 nitrogen and oxygen atoms in total. The molecule has 2 heteroatoms. The highest BCUT2D eigenvalue weighted by molar-refractivity contribution is 5.60. The zero-order valence-corrected chi connectivity index (χ0v) is 7.89. The van der Waals surface area contributed by atoms with Gasteiger partial charge in [0.25, 0.3) is 0 Å². The first kappa shape index (κ1) is 8.24. The van der Waals surface area contributed by atoms with Crippen molar-refractivity contribution < 1.29 is 4.79 Å². The van der Waals surface area contributed by atoms with Crippen molar-refractivity contribution in [2.24, 2.45) is 5.41 Å². The molecule has 12 heavy (non-hydrogen) atoms. The summed E-state index contributed by atoms with van der Waals surface area (Å²) in [5.41, 5.74) is 0.503. The van der Waals surface area contributed by atoms with Crippen LogP contribution in [0.5, 0.6) is 0 Å². The number of nitrogens with one attached hydrogen (secondary N) is 1. The van der Waals surface area contributed by atoms with Crippen LogP contribution in [0, 0.1) is 5.41 Å². The molecule has 3 fully saturated rings. The fourth-order valence-corrected chi connectivity index (χ4v) is 2.58. The zero-order chi connectivity index (χ0) is 8.82. The van der Waals surface area contributed by atoms with Crippen LogP contribution in [-0.2, 0) is 4.79 Å². The van der Waals surface area contributed by atoms with Crippen molar-refractivity contribution in [3.8, 4) is 0 Å². The van der Waals surface area contributed by atoms with E-state index in [0.717, 1.165) is 6.29 Å². The highest BCUT2D eigenvalue weighted by atomic mass is 16.1. The fraction of sp³-hybridized carbons (Fsp3) is 0.900. The number of hydrogen-bond donors (Lipinski definition) is 1. The number of carbonyl (C=O) groups excluding carboxylic acids is 1. The van der Waals surface area contributed by atoms with Gasteiger partial charge in [0.2, 0.25) is 0 Å². The van der Waals surface area contributed by atoms with E-state index in [9.17, 15) is 4.79 Å². The summed E-state index contributed by atoms with van der Waals surface area (Å²) in [5.74, 6) is 0. The second-order valence-electron chi connectivity index (χ2n) is 4.97. The molecule has 0 aromatic rings. The zero-order valence-electron chi connectivity index (χ0n) is 7.89. The van der Waals surface area contributed by atoms with Gasteiger partial charge in [0.1, 0.15) is 6.29 Å². The summed E-state index contributed by atoms with van der Waals surface area (Å²) in [6.07, 6.45) is 5.97. The van der Waals surface area contributed by atoms with Gasteiger partial charge in [-0.05, 0) is 38.0 Å². The molecule has 1 N–H and O–H groups in total. The van der Waals surface area contributed by atoms with Crippen LogP contribution in [0.15, 0.2) is 0 Å². The van der Waals surface area contributed by atoms with Crippen molar-refractivity contribution in [2.75, 3.05) is 0 Å². The summed E-state index contributed by atoms with van der Waals surface area (Å²) < 4.78 is 0. The van der Waals surface area contributed by atoms with Gasteiger partial charge in [0, 0.05) is 5.54 Å². The van der Waals surface area contributed by atoms with E-state index in [0.29, 0.717) is 0 Å². The highest BCUT2D eigenvalue weighted by Crippen LogP contribution is 2.47. The first-order chi connectivity index (χ1) is 5.58. The van der Waals surface area contributed by atoms with Crippen LogP contribution >= 0.6 is 0 Å². The summed E-state index contributed by atoms with van der Waals surface area (Å²) >= 11 is 0. The summed E-state index contributed by atoms with van der Waals surface area (Å²) in [5, 5.41) is 3.45. The second-order valence-corrected chi connectivity index (χ2v) is 4.97. The summed E-state index contributed by atoms with van der Waals surface area (Å²) in [7, 11) is 0. The quantitative estimate of drug-likeness (QED) is 0.600. The van der Waals surface area contributed by atoms with Gasteiger partial charge in [-0.15, -0.1) is 0 Å². The molecule has 3 aliphatic rings. The molecule has 2 aliphatic heterocycles. The molecule has 1 aliphatic carbocycles. The molecule has 1 saturated carbocycles. The number of fused-ring (bicyclic) bond motifs is 3. The van der Waals surface area contributed by atoms with Crippen LogP contribution in [0.1, 0.15) is 39.5 Å². The molecule has 2 saturated heterocycles. The smallest absolute Gasteiger partial charge is 0.137 e.